The zero-order chi connectivity index (χ0) is 9.97. The Hall–Kier alpha value is -1.42. The van der Waals surface area contributed by atoms with Gasteiger partial charge in [0.15, 0.2) is 0 Å². The first-order chi connectivity index (χ1) is 6.75. The topological polar surface area (TPSA) is 50.2 Å². The normalized spacial score (nSPS) is 19.6. The average molecular weight is 209 g/mol. The quantitative estimate of drug-likeness (QED) is 0.756. The number of hydrogen-bond donors (Lipinski definition) is 1. The van der Waals surface area contributed by atoms with Gasteiger partial charge in [0, 0.05) is 18.1 Å². The van der Waals surface area contributed by atoms with Gasteiger partial charge in [0.2, 0.25) is 5.95 Å². The Labute approximate surface area is 86.7 Å². The van der Waals surface area contributed by atoms with Crippen molar-refractivity contribution in [3.05, 3.63) is 29.2 Å². The molecule has 2 heterocycles. The molecule has 14 heavy (non-hydrogen) atoms. The summed E-state index contributed by atoms with van der Waals surface area (Å²) in [6.07, 6.45) is 5.27. The fourth-order valence-electron chi connectivity index (χ4n) is 1.14. The van der Waals surface area contributed by atoms with Crippen molar-refractivity contribution >= 4 is 23.8 Å². The van der Waals surface area contributed by atoms with Crippen molar-refractivity contribution in [2.45, 2.75) is 13.0 Å². The largest absolute Gasteiger partial charge is 0.326 e. The minimum atomic E-state index is 0.137. The monoisotopic (exact) mass is 208 g/mol. The van der Waals surface area contributed by atoms with E-state index in [1.165, 1.54) is 0 Å². The fourth-order valence-corrected chi connectivity index (χ4v) is 1.28. The summed E-state index contributed by atoms with van der Waals surface area (Å²) in [5.74, 6) is 0.501. The second-order valence-electron chi connectivity index (χ2n) is 2.92. The number of halogens is 1. The van der Waals surface area contributed by atoms with E-state index in [9.17, 15) is 0 Å². The molecule has 1 atom stereocenters. The number of hydrogen-bond acceptors (Lipinski definition) is 4. The summed E-state index contributed by atoms with van der Waals surface area (Å²) in [6.45, 7) is 1.99. The van der Waals surface area contributed by atoms with E-state index in [4.69, 9.17) is 11.6 Å². The number of rotatable bonds is 2. The molecule has 2 rings (SSSR count). The Morgan fingerprint density at radius 1 is 1.50 bits per heavy atom. The molecule has 0 saturated carbocycles. The first-order valence-corrected chi connectivity index (χ1v) is 4.62. The molecule has 0 fully saturated rings. The second-order valence-corrected chi connectivity index (χ2v) is 3.31. The van der Waals surface area contributed by atoms with Gasteiger partial charge in [0.05, 0.1) is 6.04 Å². The lowest BCUT2D eigenvalue weighted by Gasteiger charge is -2.08. The van der Waals surface area contributed by atoms with Gasteiger partial charge in [-0.1, -0.05) is 11.6 Å². The van der Waals surface area contributed by atoms with Crippen LogP contribution in [0.15, 0.2) is 29.0 Å². The molecule has 0 saturated heterocycles. The van der Waals surface area contributed by atoms with E-state index in [-0.39, 0.29) is 6.04 Å². The van der Waals surface area contributed by atoms with Crippen LogP contribution in [0.3, 0.4) is 0 Å². The van der Waals surface area contributed by atoms with E-state index in [0.29, 0.717) is 11.1 Å². The molecule has 1 aliphatic rings. The lowest BCUT2D eigenvalue weighted by Crippen LogP contribution is -2.10. The molecule has 1 aromatic heterocycles. The minimum absolute atomic E-state index is 0.137. The lowest BCUT2D eigenvalue weighted by molar-refractivity contribution is 0.884. The molecule has 1 aliphatic heterocycles. The molecule has 0 aliphatic carbocycles. The van der Waals surface area contributed by atoms with Crippen LogP contribution in [0.1, 0.15) is 6.92 Å². The van der Waals surface area contributed by atoms with Crippen LogP contribution < -0.4 is 5.32 Å². The van der Waals surface area contributed by atoms with Crippen LogP contribution in [0, 0.1) is 0 Å². The zero-order valence-electron chi connectivity index (χ0n) is 7.61. The van der Waals surface area contributed by atoms with Gasteiger partial charge in [0.25, 0.3) is 0 Å². The van der Waals surface area contributed by atoms with Gasteiger partial charge in [-0.05, 0) is 19.1 Å². The molecule has 0 radical (unpaired) electrons. The number of nitrogens with one attached hydrogen (secondary N) is 1. The SMILES string of the molecule is CC1N=CC=C1Nc1nccc(Cl)n1. The Kier molecular flexibility index (Phi) is 2.45. The Morgan fingerprint density at radius 3 is 3.00 bits per heavy atom. The summed E-state index contributed by atoms with van der Waals surface area (Å²) in [6, 6.07) is 1.77. The molecule has 0 aromatic carbocycles. The summed E-state index contributed by atoms with van der Waals surface area (Å²) in [5, 5.41) is 3.49. The van der Waals surface area contributed by atoms with Crippen molar-refractivity contribution in [1.82, 2.24) is 9.97 Å². The lowest BCUT2D eigenvalue weighted by atomic mass is 10.3. The van der Waals surface area contributed by atoms with E-state index >= 15 is 0 Å². The van der Waals surface area contributed by atoms with Crippen molar-refractivity contribution < 1.29 is 0 Å². The van der Waals surface area contributed by atoms with Crippen LogP contribution in [0.5, 0.6) is 0 Å². The van der Waals surface area contributed by atoms with Crippen molar-refractivity contribution in [3.63, 3.8) is 0 Å². The van der Waals surface area contributed by atoms with E-state index in [1.54, 1.807) is 18.5 Å². The minimum Gasteiger partial charge on any atom is -0.326 e. The third kappa shape index (κ3) is 1.90. The van der Waals surface area contributed by atoms with Crippen LogP contribution in [-0.4, -0.2) is 22.2 Å². The molecule has 0 spiro atoms. The van der Waals surface area contributed by atoms with E-state index < -0.39 is 0 Å². The molecule has 0 amide bonds. The standard InChI is InChI=1S/C9H9ClN4/c1-6-7(2-4-11-6)13-9-12-5-3-8(10)14-9/h2-6H,1H3,(H,12,13,14). The molecule has 1 N–H and O–H groups in total. The van der Waals surface area contributed by atoms with Gasteiger partial charge >= 0.3 is 0 Å². The summed E-state index contributed by atoms with van der Waals surface area (Å²) < 4.78 is 0. The third-order valence-electron chi connectivity index (χ3n) is 1.89. The maximum Gasteiger partial charge on any atom is 0.228 e. The summed E-state index contributed by atoms with van der Waals surface area (Å²) in [5.41, 5.74) is 0.979. The van der Waals surface area contributed by atoms with E-state index in [0.717, 1.165) is 5.70 Å². The molecular weight excluding hydrogens is 200 g/mol. The third-order valence-corrected chi connectivity index (χ3v) is 2.10. The highest BCUT2D eigenvalue weighted by Gasteiger charge is 2.11. The van der Waals surface area contributed by atoms with E-state index in [2.05, 4.69) is 20.3 Å². The van der Waals surface area contributed by atoms with Crippen LogP contribution >= 0.6 is 11.6 Å². The second kappa shape index (κ2) is 3.75. The van der Waals surface area contributed by atoms with E-state index in [1.807, 2.05) is 13.0 Å². The maximum atomic E-state index is 5.72. The highest BCUT2D eigenvalue weighted by Crippen LogP contribution is 2.14. The first-order valence-electron chi connectivity index (χ1n) is 4.24. The van der Waals surface area contributed by atoms with Crippen molar-refractivity contribution in [1.29, 1.82) is 0 Å². The summed E-state index contributed by atoms with van der Waals surface area (Å²) >= 11 is 5.72. The molecule has 5 heteroatoms. The van der Waals surface area contributed by atoms with Crippen molar-refractivity contribution in [2.75, 3.05) is 5.32 Å². The molecule has 1 unspecified atom stereocenters. The van der Waals surface area contributed by atoms with Gasteiger partial charge in [0.1, 0.15) is 5.15 Å². The smallest absolute Gasteiger partial charge is 0.228 e. The van der Waals surface area contributed by atoms with Crippen molar-refractivity contribution in [2.24, 2.45) is 4.99 Å². The van der Waals surface area contributed by atoms with Crippen LogP contribution in [0.2, 0.25) is 5.15 Å². The molecule has 0 bridgehead atoms. The first kappa shape index (κ1) is 9.15. The Bertz CT molecular complexity index is 400. The van der Waals surface area contributed by atoms with Gasteiger partial charge in [-0.25, -0.2) is 9.97 Å². The van der Waals surface area contributed by atoms with Gasteiger partial charge in [-0.15, -0.1) is 0 Å². The number of aromatic nitrogens is 2. The Morgan fingerprint density at radius 2 is 2.36 bits per heavy atom. The number of aliphatic imine (C=N–C) groups is 1. The van der Waals surface area contributed by atoms with Crippen LogP contribution in [0.4, 0.5) is 5.95 Å². The van der Waals surface area contributed by atoms with Crippen molar-refractivity contribution in [3.8, 4) is 0 Å². The van der Waals surface area contributed by atoms with Gasteiger partial charge in [-0.3, -0.25) is 4.99 Å². The highest BCUT2D eigenvalue weighted by molar-refractivity contribution is 6.29. The predicted octanol–water partition coefficient (Wildman–Crippen LogP) is 1.90. The summed E-state index contributed by atoms with van der Waals surface area (Å²) in [7, 11) is 0. The predicted molar refractivity (Wildman–Crippen MR) is 56.7 cm³/mol. The zero-order valence-corrected chi connectivity index (χ0v) is 8.36. The van der Waals surface area contributed by atoms with Crippen LogP contribution in [0.25, 0.3) is 0 Å². The molecule has 1 aromatic rings. The van der Waals surface area contributed by atoms with Gasteiger partial charge < -0.3 is 5.32 Å². The highest BCUT2D eigenvalue weighted by atomic mass is 35.5. The average Bonchev–Trinajstić information content (AvgIpc) is 2.52. The maximum absolute atomic E-state index is 5.72. The molecule has 72 valence electrons. The van der Waals surface area contributed by atoms with Gasteiger partial charge in [-0.2, -0.15) is 0 Å². The summed E-state index contributed by atoms with van der Waals surface area (Å²) in [4.78, 5) is 12.2. The van der Waals surface area contributed by atoms with Crippen LogP contribution in [-0.2, 0) is 0 Å². The number of nitrogens with zero attached hydrogens (tertiary/aromatic N) is 3. The molecule has 4 nitrogen and oxygen atoms in total. The Balaban J connectivity index is 2.12. The fraction of sp³-hybridized carbons (Fsp3) is 0.222. The number of anilines is 1. The number of allylic oxidation sites excluding steroid dienone is 1. The molecular formula is C9H9ClN4.